The topological polar surface area (TPSA) is 96.9 Å². The van der Waals surface area contributed by atoms with E-state index in [-0.39, 0.29) is 36.3 Å². The molecule has 2 N–H and O–H groups in total. The maximum absolute atomic E-state index is 15.1. The average Bonchev–Trinajstić information content (AvgIpc) is 3.36. The van der Waals surface area contributed by atoms with Crippen molar-refractivity contribution in [3.05, 3.63) is 36.5 Å². The maximum atomic E-state index is 15.1. The molecule has 2 fully saturated rings. The molecule has 6 rings (SSSR count). The van der Waals surface area contributed by atoms with E-state index in [0.29, 0.717) is 36.6 Å². The van der Waals surface area contributed by atoms with Crippen LogP contribution in [0.2, 0.25) is 0 Å². The quantitative estimate of drug-likeness (QED) is 0.455. The number of fused-ring (bicyclic) bond motifs is 2. The first-order valence-electron chi connectivity index (χ1n) is 11.0. The number of nitrogens with one attached hydrogen (secondary N) is 2. The third-order valence-corrected chi connectivity index (χ3v) is 6.40. The van der Waals surface area contributed by atoms with E-state index in [2.05, 4.69) is 30.8 Å². The van der Waals surface area contributed by atoms with Crippen LogP contribution in [-0.2, 0) is 4.74 Å². The minimum absolute atomic E-state index is 0.0125. The molecule has 2 aliphatic heterocycles. The number of ether oxygens (including phenoxy) is 1. The minimum Gasteiger partial charge on any atom is -0.378 e. The molecule has 1 atom stereocenters. The molecule has 0 aromatic carbocycles. The first kappa shape index (κ1) is 21.1. The second kappa shape index (κ2) is 7.81. The molecule has 0 saturated carbocycles. The Kier molecular flexibility index (Phi) is 4.85. The van der Waals surface area contributed by atoms with Crippen LogP contribution in [0.4, 0.5) is 24.9 Å². The van der Waals surface area contributed by atoms with Crippen molar-refractivity contribution < 1.29 is 17.9 Å². The van der Waals surface area contributed by atoms with E-state index in [1.807, 2.05) is 0 Å². The van der Waals surface area contributed by atoms with E-state index in [1.165, 1.54) is 15.2 Å². The zero-order valence-electron chi connectivity index (χ0n) is 18.2. The summed E-state index contributed by atoms with van der Waals surface area (Å²) in [6.45, 7) is 1.14. The molecule has 0 bridgehead atoms. The number of rotatable bonds is 5. The number of nitrogens with zero attached hydrogens (tertiary/aromatic N) is 7. The number of likely N-dealkylation sites (tertiary alicyclic amines) is 1. The second-order valence-electron chi connectivity index (χ2n) is 8.54. The monoisotopic (exact) mass is 473 g/mol. The third-order valence-electron chi connectivity index (χ3n) is 6.40. The molecule has 4 aromatic rings. The van der Waals surface area contributed by atoms with E-state index in [0.717, 1.165) is 0 Å². The highest BCUT2D eigenvalue weighted by molar-refractivity contribution is 5.88. The molecule has 2 aliphatic rings. The number of aromatic nitrogens is 6. The van der Waals surface area contributed by atoms with E-state index < -0.39 is 17.8 Å². The van der Waals surface area contributed by atoms with Gasteiger partial charge in [0.15, 0.2) is 17.3 Å². The number of hydrogen-bond acceptors (Lipinski definition) is 8. The molecule has 13 heteroatoms. The summed E-state index contributed by atoms with van der Waals surface area (Å²) >= 11 is 0. The van der Waals surface area contributed by atoms with Gasteiger partial charge >= 0.3 is 0 Å². The van der Waals surface area contributed by atoms with E-state index in [1.54, 1.807) is 36.5 Å². The van der Waals surface area contributed by atoms with Crippen LogP contribution in [0, 0.1) is 5.82 Å². The standard InChI is InChI=1S/C21H22F3N9O/c1-25-19-18-17(14-2-3-16-26-5-7-32(16)29-14)13(22)8-33(18)30-20(28-19)27-15-4-6-31(11-21(15,23)24)12-9-34-10-12/h2-3,5,7-8,12,15H,4,6,9-11H2,1H3,(H2,25,27,28,30)/t15-/m1/s1. The van der Waals surface area contributed by atoms with Crippen LogP contribution in [-0.4, -0.2) is 85.5 Å². The van der Waals surface area contributed by atoms with Crippen molar-refractivity contribution >= 4 is 22.9 Å². The summed E-state index contributed by atoms with van der Waals surface area (Å²) in [5.74, 6) is -3.27. The first-order chi connectivity index (χ1) is 16.4. The van der Waals surface area contributed by atoms with Gasteiger partial charge in [0, 0.05) is 26.0 Å². The summed E-state index contributed by atoms with van der Waals surface area (Å²) in [4.78, 5) is 10.3. The predicted molar refractivity (Wildman–Crippen MR) is 118 cm³/mol. The van der Waals surface area contributed by atoms with Gasteiger partial charge in [0.1, 0.15) is 5.52 Å². The molecule has 178 valence electrons. The highest BCUT2D eigenvalue weighted by atomic mass is 19.3. The Morgan fingerprint density at radius 3 is 2.76 bits per heavy atom. The summed E-state index contributed by atoms with van der Waals surface area (Å²) in [6.07, 6.45) is 4.67. The largest absolute Gasteiger partial charge is 0.378 e. The smallest absolute Gasteiger partial charge is 0.280 e. The lowest BCUT2D eigenvalue weighted by Crippen LogP contribution is -2.61. The number of imidazole rings is 1. The van der Waals surface area contributed by atoms with Crippen LogP contribution < -0.4 is 10.6 Å². The lowest BCUT2D eigenvalue weighted by atomic mass is 9.98. The summed E-state index contributed by atoms with van der Waals surface area (Å²) in [5, 5.41) is 14.4. The van der Waals surface area contributed by atoms with Gasteiger partial charge in [0.25, 0.3) is 5.92 Å². The molecule has 0 aliphatic carbocycles. The fraction of sp³-hybridized carbons (Fsp3) is 0.429. The first-order valence-corrected chi connectivity index (χ1v) is 11.0. The Hall–Kier alpha value is -3.45. The fourth-order valence-electron chi connectivity index (χ4n) is 4.53. The molecule has 0 unspecified atom stereocenters. The van der Waals surface area contributed by atoms with Gasteiger partial charge < -0.3 is 15.4 Å². The molecule has 0 amide bonds. The normalized spacial score (nSPS) is 21.1. The van der Waals surface area contributed by atoms with Crippen molar-refractivity contribution in [2.45, 2.75) is 24.4 Å². The van der Waals surface area contributed by atoms with Gasteiger partial charge in [-0.3, -0.25) is 4.90 Å². The van der Waals surface area contributed by atoms with Crippen molar-refractivity contribution in [2.75, 3.05) is 44.0 Å². The zero-order valence-corrected chi connectivity index (χ0v) is 18.2. The van der Waals surface area contributed by atoms with Gasteiger partial charge in [-0.1, -0.05) is 0 Å². The number of piperidine rings is 1. The van der Waals surface area contributed by atoms with Crippen LogP contribution in [0.5, 0.6) is 0 Å². The van der Waals surface area contributed by atoms with E-state index in [9.17, 15) is 8.78 Å². The van der Waals surface area contributed by atoms with Crippen molar-refractivity contribution in [2.24, 2.45) is 0 Å². The predicted octanol–water partition coefficient (Wildman–Crippen LogP) is 2.14. The van der Waals surface area contributed by atoms with Gasteiger partial charge in [0.05, 0.1) is 49.3 Å². The molecule has 4 aromatic heterocycles. The van der Waals surface area contributed by atoms with Crippen LogP contribution in [0.1, 0.15) is 6.42 Å². The molecular weight excluding hydrogens is 451 g/mol. The molecule has 34 heavy (non-hydrogen) atoms. The van der Waals surface area contributed by atoms with Crippen LogP contribution >= 0.6 is 0 Å². The number of hydrogen-bond donors (Lipinski definition) is 2. The van der Waals surface area contributed by atoms with Crippen LogP contribution in [0.3, 0.4) is 0 Å². The third kappa shape index (κ3) is 3.42. The van der Waals surface area contributed by atoms with Gasteiger partial charge in [-0.25, -0.2) is 27.2 Å². The Labute approximate surface area is 191 Å². The van der Waals surface area contributed by atoms with Gasteiger partial charge in [-0.05, 0) is 18.6 Å². The highest BCUT2D eigenvalue weighted by Gasteiger charge is 2.47. The van der Waals surface area contributed by atoms with Crippen molar-refractivity contribution in [3.63, 3.8) is 0 Å². The Morgan fingerprint density at radius 1 is 1.18 bits per heavy atom. The van der Waals surface area contributed by atoms with Gasteiger partial charge in [-0.2, -0.15) is 10.1 Å². The summed E-state index contributed by atoms with van der Waals surface area (Å²) < 4.78 is 52.9. The molecule has 6 heterocycles. The SMILES string of the molecule is CNc1nc(N[C@@H]2CCN(C3COC3)CC2(F)F)nn2cc(F)c(-c3ccc4nccn4n3)c12. The zero-order chi connectivity index (χ0) is 23.4. The van der Waals surface area contributed by atoms with E-state index >= 15 is 4.39 Å². The average molecular weight is 473 g/mol. The molecule has 2 saturated heterocycles. The number of halogens is 3. The van der Waals surface area contributed by atoms with Crippen molar-refractivity contribution in [1.29, 1.82) is 0 Å². The summed E-state index contributed by atoms with van der Waals surface area (Å²) in [7, 11) is 1.63. The van der Waals surface area contributed by atoms with Crippen molar-refractivity contribution in [1.82, 2.24) is 34.1 Å². The van der Waals surface area contributed by atoms with Gasteiger partial charge in [-0.15, -0.1) is 5.10 Å². The lowest BCUT2D eigenvalue weighted by Gasteiger charge is -2.44. The number of alkyl halides is 2. The molecule has 10 nitrogen and oxygen atoms in total. The minimum atomic E-state index is -2.98. The maximum Gasteiger partial charge on any atom is 0.280 e. The highest BCUT2D eigenvalue weighted by Crippen LogP contribution is 2.34. The lowest BCUT2D eigenvalue weighted by molar-refractivity contribution is -0.131. The Morgan fingerprint density at radius 2 is 2.03 bits per heavy atom. The van der Waals surface area contributed by atoms with Crippen LogP contribution in [0.25, 0.3) is 22.4 Å². The molecule has 0 spiro atoms. The summed E-state index contributed by atoms with van der Waals surface area (Å²) in [5.41, 5.74) is 1.54. The second-order valence-corrected chi connectivity index (χ2v) is 8.54. The Bertz CT molecular complexity index is 1370. The Balaban J connectivity index is 1.33. The molecular formula is C21H22F3N9O. The van der Waals surface area contributed by atoms with Crippen LogP contribution in [0.15, 0.2) is 30.7 Å². The van der Waals surface area contributed by atoms with Crippen molar-refractivity contribution in [3.8, 4) is 11.3 Å². The van der Waals surface area contributed by atoms with Gasteiger partial charge in [0.2, 0.25) is 5.95 Å². The van der Waals surface area contributed by atoms with E-state index in [4.69, 9.17) is 4.74 Å². The summed E-state index contributed by atoms with van der Waals surface area (Å²) in [6, 6.07) is 2.29. The number of anilines is 2. The fourth-order valence-corrected chi connectivity index (χ4v) is 4.53. The molecule has 0 radical (unpaired) electrons.